The molecule has 1 fully saturated rings. The Morgan fingerprint density at radius 3 is 3.07 bits per heavy atom. The molecular formula is C11H17N3O. The summed E-state index contributed by atoms with van der Waals surface area (Å²) in [6.45, 7) is 1.64. The van der Waals surface area contributed by atoms with Gasteiger partial charge in [-0.15, -0.1) is 0 Å². The molecule has 1 N–H and O–H groups in total. The van der Waals surface area contributed by atoms with Crippen LogP contribution in [0.4, 0.5) is 11.5 Å². The van der Waals surface area contributed by atoms with Crippen molar-refractivity contribution in [2.75, 3.05) is 37.5 Å². The monoisotopic (exact) mass is 207 g/mol. The average molecular weight is 207 g/mol. The van der Waals surface area contributed by atoms with Crippen LogP contribution in [0.15, 0.2) is 18.3 Å². The Bertz CT molecular complexity index is 321. The molecule has 0 radical (unpaired) electrons. The van der Waals surface area contributed by atoms with E-state index in [0.717, 1.165) is 31.1 Å². The van der Waals surface area contributed by atoms with Crippen molar-refractivity contribution in [2.45, 2.75) is 12.5 Å². The predicted molar refractivity (Wildman–Crippen MR) is 61.4 cm³/mol. The summed E-state index contributed by atoms with van der Waals surface area (Å²) in [5, 5.41) is 3.37. The number of hydrogen-bond donors (Lipinski definition) is 1. The summed E-state index contributed by atoms with van der Waals surface area (Å²) < 4.78 is 5.31. The first-order chi connectivity index (χ1) is 7.25. The van der Waals surface area contributed by atoms with Crippen LogP contribution in [-0.4, -0.2) is 38.3 Å². The summed E-state index contributed by atoms with van der Waals surface area (Å²) >= 11 is 0. The molecule has 1 saturated heterocycles. The molecule has 0 saturated carbocycles. The van der Waals surface area contributed by atoms with Crippen molar-refractivity contribution in [3.8, 4) is 0 Å². The van der Waals surface area contributed by atoms with Crippen molar-refractivity contribution >= 4 is 11.5 Å². The molecule has 1 aliphatic heterocycles. The largest absolute Gasteiger partial charge is 0.379 e. The minimum absolute atomic E-state index is 0.412. The zero-order chi connectivity index (χ0) is 10.7. The molecule has 1 aromatic heterocycles. The van der Waals surface area contributed by atoms with Gasteiger partial charge in [-0.2, -0.15) is 0 Å². The fraction of sp³-hybridized carbons (Fsp3) is 0.545. The average Bonchev–Trinajstić information content (AvgIpc) is 2.71. The van der Waals surface area contributed by atoms with Crippen molar-refractivity contribution in [1.82, 2.24) is 4.98 Å². The van der Waals surface area contributed by atoms with Gasteiger partial charge in [0, 0.05) is 38.7 Å². The van der Waals surface area contributed by atoms with E-state index in [0.29, 0.717) is 6.04 Å². The van der Waals surface area contributed by atoms with Crippen LogP contribution < -0.4 is 10.2 Å². The Morgan fingerprint density at radius 2 is 2.40 bits per heavy atom. The lowest BCUT2D eigenvalue weighted by atomic mass is 10.2. The van der Waals surface area contributed by atoms with E-state index in [1.165, 1.54) is 0 Å². The fourth-order valence-electron chi connectivity index (χ4n) is 1.63. The normalized spacial score (nSPS) is 20.3. The Kier molecular flexibility index (Phi) is 3.06. The Morgan fingerprint density at radius 1 is 1.53 bits per heavy atom. The van der Waals surface area contributed by atoms with Crippen LogP contribution in [-0.2, 0) is 4.74 Å². The van der Waals surface area contributed by atoms with Gasteiger partial charge >= 0.3 is 0 Å². The van der Waals surface area contributed by atoms with Crippen LogP contribution in [0, 0.1) is 0 Å². The number of aromatic nitrogens is 1. The molecule has 82 valence electrons. The highest BCUT2D eigenvalue weighted by atomic mass is 16.5. The fourth-order valence-corrected chi connectivity index (χ4v) is 1.63. The van der Waals surface area contributed by atoms with Gasteiger partial charge in [0.25, 0.3) is 0 Å². The highest BCUT2D eigenvalue weighted by molar-refractivity contribution is 5.53. The quantitative estimate of drug-likeness (QED) is 0.811. The van der Waals surface area contributed by atoms with Crippen LogP contribution in [0.1, 0.15) is 6.42 Å². The number of nitrogens with one attached hydrogen (secondary N) is 1. The molecule has 4 heteroatoms. The van der Waals surface area contributed by atoms with E-state index in [1.807, 2.05) is 26.4 Å². The Labute approximate surface area is 90.3 Å². The number of anilines is 2. The second-order valence-electron chi connectivity index (χ2n) is 4.00. The third-order valence-electron chi connectivity index (χ3n) is 2.54. The maximum absolute atomic E-state index is 5.31. The molecule has 4 nitrogen and oxygen atoms in total. The maximum Gasteiger partial charge on any atom is 0.128 e. The van der Waals surface area contributed by atoms with Gasteiger partial charge in [0.1, 0.15) is 5.82 Å². The second-order valence-corrected chi connectivity index (χ2v) is 4.00. The summed E-state index contributed by atoms with van der Waals surface area (Å²) in [4.78, 5) is 6.36. The molecule has 1 atom stereocenters. The summed E-state index contributed by atoms with van der Waals surface area (Å²) in [7, 11) is 4.05. The summed E-state index contributed by atoms with van der Waals surface area (Å²) in [5.41, 5.74) is 1.16. The van der Waals surface area contributed by atoms with E-state index in [4.69, 9.17) is 4.74 Å². The SMILES string of the molecule is CN(C)c1ccnc(NC2CCOC2)c1. The summed E-state index contributed by atoms with van der Waals surface area (Å²) in [6.07, 6.45) is 2.89. The first kappa shape index (κ1) is 10.2. The van der Waals surface area contributed by atoms with Gasteiger partial charge in [0.2, 0.25) is 0 Å². The molecule has 0 spiro atoms. The molecule has 0 aromatic carbocycles. The van der Waals surface area contributed by atoms with Crippen molar-refractivity contribution in [1.29, 1.82) is 0 Å². The topological polar surface area (TPSA) is 37.4 Å². The van der Waals surface area contributed by atoms with Gasteiger partial charge in [-0.3, -0.25) is 0 Å². The standard InChI is InChI=1S/C11H17N3O/c1-14(2)10-3-5-12-11(7-10)13-9-4-6-15-8-9/h3,5,7,9H,4,6,8H2,1-2H3,(H,12,13). The van der Waals surface area contributed by atoms with Gasteiger partial charge in [-0.25, -0.2) is 4.98 Å². The van der Waals surface area contributed by atoms with Crippen molar-refractivity contribution < 1.29 is 4.74 Å². The minimum atomic E-state index is 0.412. The first-order valence-corrected chi connectivity index (χ1v) is 5.23. The highest BCUT2D eigenvalue weighted by Gasteiger charge is 2.15. The van der Waals surface area contributed by atoms with Crippen LogP contribution in [0.2, 0.25) is 0 Å². The van der Waals surface area contributed by atoms with Gasteiger partial charge < -0.3 is 15.0 Å². The lowest BCUT2D eigenvalue weighted by Gasteiger charge is -2.15. The van der Waals surface area contributed by atoms with Crippen LogP contribution >= 0.6 is 0 Å². The molecule has 1 unspecified atom stereocenters. The third kappa shape index (κ3) is 2.59. The lowest BCUT2D eigenvalue weighted by Crippen LogP contribution is -2.20. The summed E-state index contributed by atoms with van der Waals surface area (Å²) in [6, 6.07) is 4.46. The molecule has 2 heterocycles. The first-order valence-electron chi connectivity index (χ1n) is 5.23. The maximum atomic E-state index is 5.31. The molecule has 1 aromatic rings. The van der Waals surface area contributed by atoms with Crippen LogP contribution in [0.3, 0.4) is 0 Å². The van der Waals surface area contributed by atoms with Gasteiger partial charge in [-0.1, -0.05) is 0 Å². The predicted octanol–water partition coefficient (Wildman–Crippen LogP) is 1.35. The lowest BCUT2D eigenvalue weighted by molar-refractivity contribution is 0.195. The van der Waals surface area contributed by atoms with Gasteiger partial charge in [-0.05, 0) is 12.5 Å². The Balaban J connectivity index is 2.04. The van der Waals surface area contributed by atoms with Crippen molar-refractivity contribution in [2.24, 2.45) is 0 Å². The number of rotatable bonds is 3. The molecule has 15 heavy (non-hydrogen) atoms. The Hall–Kier alpha value is -1.29. The van der Waals surface area contributed by atoms with E-state index in [9.17, 15) is 0 Å². The van der Waals surface area contributed by atoms with E-state index < -0.39 is 0 Å². The summed E-state index contributed by atoms with van der Waals surface area (Å²) in [5.74, 6) is 0.928. The molecule has 0 amide bonds. The van der Waals surface area contributed by atoms with Crippen LogP contribution in [0.25, 0.3) is 0 Å². The minimum Gasteiger partial charge on any atom is -0.379 e. The zero-order valence-corrected chi connectivity index (χ0v) is 9.23. The number of nitrogens with zero attached hydrogens (tertiary/aromatic N) is 2. The van der Waals surface area contributed by atoms with Gasteiger partial charge in [0.05, 0.1) is 12.6 Å². The van der Waals surface area contributed by atoms with E-state index in [1.54, 1.807) is 0 Å². The highest BCUT2D eigenvalue weighted by Crippen LogP contribution is 2.17. The molecular weight excluding hydrogens is 190 g/mol. The third-order valence-corrected chi connectivity index (χ3v) is 2.54. The number of pyridine rings is 1. The number of hydrogen-bond acceptors (Lipinski definition) is 4. The second kappa shape index (κ2) is 4.49. The van der Waals surface area contributed by atoms with E-state index in [-0.39, 0.29) is 0 Å². The molecule has 1 aliphatic rings. The van der Waals surface area contributed by atoms with Crippen LogP contribution in [0.5, 0.6) is 0 Å². The van der Waals surface area contributed by atoms with E-state index in [2.05, 4.69) is 21.3 Å². The van der Waals surface area contributed by atoms with Crippen molar-refractivity contribution in [3.05, 3.63) is 18.3 Å². The smallest absolute Gasteiger partial charge is 0.128 e. The number of ether oxygens (including phenoxy) is 1. The van der Waals surface area contributed by atoms with Crippen molar-refractivity contribution in [3.63, 3.8) is 0 Å². The van der Waals surface area contributed by atoms with E-state index >= 15 is 0 Å². The zero-order valence-electron chi connectivity index (χ0n) is 9.23. The molecule has 2 rings (SSSR count). The molecule has 0 aliphatic carbocycles. The van der Waals surface area contributed by atoms with Gasteiger partial charge in [0.15, 0.2) is 0 Å². The molecule has 0 bridgehead atoms.